The number of carbonyl (C=O) groups excluding carboxylic acids is 2. The standard InChI is InChI=1S/C26H33N5O3S3/c1-4-27-26(33)29-24-23(21-10-5-6-11-22(21)36-24)25(32)30-12-14-31(15-13-30)37(34)20-9-7-8-19(16-20)17-28-18(2)35-3/h5-11,16,18,28H,4,12-15,17H2,1-3H3,(H2,27,29,33). The van der Waals surface area contributed by atoms with Gasteiger partial charge in [0, 0.05) is 49.4 Å². The van der Waals surface area contributed by atoms with Crippen molar-refractivity contribution < 1.29 is 13.8 Å². The smallest absolute Gasteiger partial charge is 0.319 e. The van der Waals surface area contributed by atoms with Crippen LogP contribution >= 0.6 is 23.1 Å². The molecule has 0 bridgehead atoms. The number of rotatable bonds is 9. The van der Waals surface area contributed by atoms with Crippen LogP contribution in [-0.4, -0.2) is 69.7 Å². The Balaban J connectivity index is 1.44. The molecule has 0 aliphatic carbocycles. The van der Waals surface area contributed by atoms with Crippen molar-refractivity contribution in [3.8, 4) is 0 Å². The Morgan fingerprint density at radius 2 is 1.86 bits per heavy atom. The van der Waals surface area contributed by atoms with Crippen LogP contribution < -0.4 is 16.0 Å². The topological polar surface area (TPSA) is 93.8 Å². The van der Waals surface area contributed by atoms with Crippen LogP contribution in [0.3, 0.4) is 0 Å². The fraction of sp³-hybridized carbons (Fsp3) is 0.385. The number of amides is 3. The van der Waals surface area contributed by atoms with Crippen molar-refractivity contribution in [1.29, 1.82) is 0 Å². The Morgan fingerprint density at radius 3 is 2.59 bits per heavy atom. The summed E-state index contributed by atoms with van der Waals surface area (Å²) in [6.07, 6.45) is 2.06. The average Bonchev–Trinajstić information content (AvgIpc) is 3.28. The zero-order chi connectivity index (χ0) is 26.4. The SMILES string of the molecule is CCNC(=O)Nc1sc2ccccc2c1C(=O)N1CCN(S(=O)c2cccc(CNC(C)SC)c2)CC1. The molecular formula is C26H33N5O3S3. The first-order chi connectivity index (χ1) is 17.9. The quantitative estimate of drug-likeness (QED) is 0.340. The highest BCUT2D eigenvalue weighted by atomic mass is 32.2. The van der Waals surface area contributed by atoms with E-state index in [1.807, 2.05) is 59.8 Å². The third-order valence-corrected chi connectivity index (χ3v) is 9.63. The van der Waals surface area contributed by atoms with Crippen molar-refractivity contribution in [1.82, 2.24) is 19.8 Å². The number of hydrogen-bond acceptors (Lipinski definition) is 6. The predicted molar refractivity (Wildman–Crippen MR) is 155 cm³/mol. The minimum Gasteiger partial charge on any atom is -0.338 e. The van der Waals surface area contributed by atoms with E-state index in [2.05, 4.69) is 29.1 Å². The number of fused-ring (bicyclic) bond motifs is 1. The largest absolute Gasteiger partial charge is 0.338 e. The number of piperazine rings is 1. The van der Waals surface area contributed by atoms with Gasteiger partial charge in [-0.3, -0.25) is 10.1 Å². The minimum atomic E-state index is -1.30. The zero-order valence-corrected chi connectivity index (χ0v) is 23.7. The Morgan fingerprint density at radius 1 is 1.11 bits per heavy atom. The summed E-state index contributed by atoms with van der Waals surface area (Å²) < 4.78 is 16.2. The number of nitrogens with one attached hydrogen (secondary N) is 3. The molecule has 0 radical (unpaired) electrons. The second kappa shape index (κ2) is 12.9. The van der Waals surface area contributed by atoms with Crippen molar-refractivity contribution in [3.05, 3.63) is 59.7 Å². The molecule has 2 unspecified atom stereocenters. The average molecular weight is 560 g/mol. The number of hydrogen-bond donors (Lipinski definition) is 3. The fourth-order valence-corrected chi connectivity index (χ4v) is 6.71. The van der Waals surface area contributed by atoms with E-state index in [9.17, 15) is 13.8 Å². The predicted octanol–water partition coefficient (Wildman–Crippen LogP) is 4.32. The number of benzene rings is 2. The maximum absolute atomic E-state index is 13.6. The maximum Gasteiger partial charge on any atom is 0.319 e. The highest BCUT2D eigenvalue weighted by molar-refractivity contribution is 7.99. The minimum absolute atomic E-state index is 0.120. The zero-order valence-electron chi connectivity index (χ0n) is 21.3. The summed E-state index contributed by atoms with van der Waals surface area (Å²) in [5, 5.41) is 10.7. The maximum atomic E-state index is 13.6. The fourth-order valence-electron chi connectivity index (χ4n) is 4.13. The lowest BCUT2D eigenvalue weighted by Gasteiger charge is -2.34. The van der Waals surface area contributed by atoms with Gasteiger partial charge in [0.05, 0.1) is 15.8 Å². The van der Waals surface area contributed by atoms with Gasteiger partial charge in [-0.1, -0.05) is 30.3 Å². The number of nitrogens with zero attached hydrogens (tertiary/aromatic N) is 2. The van der Waals surface area contributed by atoms with Gasteiger partial charge in [-0.2, -0.15) is 0 Å². The molecule has 2 atom stereocenters. The summed E-state index contributed by atoms with van der Waals surface area (Å²) in [4.78, 5) is 28.4. The molecule has 4 rings (SSSR count). The first-order valence-corrected chi connectivity index (χ1v) is 15.5. The number of carbonyl (C=O) groups is 2. The van der Waals surface area contributed by atoms with Crippen molar-refractivity contribution in [2.45, 2.75) is 30.7 Å². The Labute approximate surface area is 228 Å². The number of thiophene rings is 1. The summed E-state index contributed by atoms with van der Waals surface area (Å²) >= 11 is 3.15. The summed E-state index contributed by atoms with van der Waals surface area (Å²) in [6.45, 7) is 7.11. The lowest BCUT2D eigenvalue weighted by Crippen LogP contribution is -2.49. The summed E-state index contributed by atoms with van der Waals surface area (Å²) in [7, 11) is -1.30. The molecule has 1 aliphatic rings. The van der Waals surface area contributed by atoms with Crippen LogP contribution in [0, 0.1) is 0 Å². The molecule has 3 N–H and O–H groups in total. The number of thioether (sulfide) groups is 1. The van der Waals surface area contributed by atoms with Gasteiger partial charge >= 0.3 is 6.03 Å². The third-order valence-electron chi connectivity index (χ3n) is 6.18. The Bertz CT molecular complexity index is 1270. The molecule has 1 aromatic heterocycles. The van der Waals surface area contributed by atoms with Gasteiger partial charge in [-0.25, -0.2) is 13.3 Å². The van der Waals surface area contributed by atoms with Gasteiger partial charge < -0.3 is 15.5 Å². The van der Waals surface area contributed by atoms with Crippen LogP contribution in [0.1, 0.15) is 29.8 Å². The third kappa shape index (κ3) is 6.71. The monoisotopic (exact) mass is 559 g/mol. The van der Waals surface area contributed by atoms with Crippen LogP contribution in [-0.2, 0) is 17.5 Å². The molecule has 1 fully saturated rings. The molecular weight excluding hydrogens is 527 g/mol. The molecule has 0 saturated carbocycles. The van der Waals surface area contributed by atoms with Crippen molar-refractivity contribution in [3.63, 3.8) is 0 Å². The van der Waals surface area contributed by atoms with Gasteiger partial charge in [0.15, 0.2) is 0 Å². The molecule has 198 valence electrons. The van der Waals surface area contributed by atoms with Crippen LogP contribution in [0.15, 0.2) is 53.4 Å². The molecule has 3 amide bonds. The molecule has 2 aromatic carbocycles. The van der Waals surface area contributed by atoms with Crippen molar-refractivity contribution in [2.75, 3.05) is 44.3 Å². The van der Waals surface area contributed by atoms with Gasteiger partial charge in [0.2, 0.25) is 0 Å². The van der Waals surface area contributed by atoms with Crippen molar-refractivity contribution in [2.24, 2.45) is 0 Å². The van der Waals surface area contributed by atoms with E-state index < -0.39 is 11.0 Å². The van der Waals surface area contributed by atoms with Gasteiger partial charge in [0.25, 0.3) is 5.91 Å². The molecule has 37 heavy (non-hydrogen) atoms. The molecule has 1 saturated heterocycles. The van der Waals surface area contributed by atoms with Crippen LogP contribution in [0.5, 0.6) is 0 Å². The summed E-state index contributed by atoms with van der Waals surface area (Å²) in [5.74, 6) is -0.120. The number of anilines is 1. The lowest BCUT2D eigenvalue weighted by atomic mass is 10.1. The highest BCUT2D eigenvalue weighted by Gasteiger charge is 2.29. The van der Waals surface area contributed by atoms with Gasteiger partial charge in [-0.15, -0.1) is 23.1 Å². The molecule has 0 spiro atoms. The van der Waals surface area contributed by atoms with Crippen molar-refractivity contribution >= 4 is 61.1 Å². The van der Waals surface area contributed by atoms with E-state index in [-0.39, 0.29) is 11.9 Å². The molecule has 1 aliphatic heterocycles. The normalized spacial score (nSPS) is 15.9. The van der Waals surface area contributed by atoms with E-state index in [0.717, 1.165) is 27.1 Å². The molecule has 8 nitrogen and oxygen atoms in total. The second-order valence-corrected chi connectivity index (χ2v) is 12.4. The van der Waals surface area contributed by atoms with E-state index in [0.29, 0.717) is 48.7 Å². The molecule has 3 aromatic rings. The first kappa shape index (κ1) is 27.6. The van der Waals surface area contributed by atoms with E-state index in [1.165, 1.54) is 11.3 Å². The van der Waals surface area contributed by atoms with E-state index in [4.69, 9.17) is 0 Å². The van der Waals surface area contributed by atoms with Crippen LogP contribution in [0.4, 0.5) is 9.80 Å². The molecule has 2 heterocycles. The van der Waals surface area contributed by atoms with E-state index in [1.54, 1.807) is 16.7 Å². The van der Waals surface area contributed by atoms with Crippen LogP contribution in [0.25, 0.3) is 10.1 Å². The Kier molecular flexibility index (Phi) is 9.60. The second-order valence-electron chi connectivity index (χ2n) is 8.66. The molecule has 11 heteroatoms. The van der Waals surface area contributed by atoms with Gasteiger partial charge in [0.1, 0.15) is 16.0 Å². The lowest BCUT2D eigenvalue weighted by molar-refractivity contribution is 0.0704. The Hall–Kier alpha value is -2.44. The van der Waals surface area contributed by atoms with Crippen LogP contribution in [0.2, 0.25) is 0 Å². The van der Waals surface area contributed by atoms with Gasteiger partial charge in [-0.05, 0) is 43.9 Å². The number of urea groups is 1. The first-order valence-electron chi connectivity index (χ1n) is 12.3. The summed E-state index contributed by atoms with van der Waals surface area (Å²) in [6, 6.07) is 15.2. The summed E-state index contributed by atoms with van der Waals surface area (Å²) in [5.41, 5.74) is 1.61. The highest BCUT2D eigenvalue weighted by Crippen LogP contribution is 2.36. The van der Waals surface area contributed by atoms with E-state index >= 15 is 0 Å².